The highest BCUT2D eigenvalue weighted by atomic mass is 16.7. The molecule has 0 N–H and O–H groups in total. The van der Waals surface area contributed by atoms with Gasteiger partial charge in [0.25, 0.3) is 0 Å². The number of nitrogens with zero attached hydrogens (tertiary/aromatic N) is 1. The van der Waals surface area contributed by atoms with Crippen LogP contribution in [0.5, 0.6) is 0 Å². The average Bonchev–Trinajstić information content (AvgIpc) is 2.67. The predicted molar refractivity (Wildman–Crippen MR) is 91.5 cm³/mol. The number of rotatable bonds is 2. The van der Waals surface area contributed by atoms with E-state index in [2.05, 4.69) is 64.6 Å². The van der Waals surface area contributed by atoms with E-state index < -0.39 is 0 Å². The first-order valence-corrected chi connectivity index (χ1v) is 8.47. The summed E-state index contributed by atoms with van der Waals surface area (Å²) in [5, 5.41) is 0. The second kappa shape index (κ2) is 5.36. The molecule has 0 amide bonds. The summed E-state index contributed by atoms with van der Waals surface area (Å²) in [6.45, 7) is 15.2. The second-order valence-electron chi connectivity index (χ2n) is 7.60. The van der Waals surface area contributed by atoms with Crippen LogP contribution in [0.3, 0.4) is 0 Å². The molecule has 0 bridgehead atoms. The van der Waals surface area contributed by atoms with Gasteiger partial charge >= 0.3 is 7.12 Å². The molecule has 2 aliphatic heterocycles. The van der Waals surface area contributed by atoms with Crippen molar-refractivity contribution in [2.75, 3.05) is 13.1 Å². The molecule has 2 aliphatic rings. The van der Waals surface area contributed by atoms with E-state index in [0.717, 1.165) is 25.0 Å². The van der Waals surface area contributed by atoms with Gasteiger partial charge in [-0.2, -0.15) is 0 Å². The van der Waals surface area contributed by atoms with Crippen LogP contribution in [0.1, 0.15) is 58.7 Å². The van der Waals surface area contributed by atoms with Gasteiger partial charge in [-0.15, -0.1) is 0 Å². The number of fused-ring (bicyclic) bond motifs is 1. The molecule has 2 heterocycles. The lowest BCUT2D eigenvalue weighted by Crippen LogP contribution is -2.41. The zero-order valence-electron chi connectivity index (χ0n) is 14.8. The summed E-state index contributed by atoms with van der Waals surface area (Å²) in [5.41, 5.74) is 3.49. The monoisotopic (exact) mass is 301 g/mol. The standard InChI is InChI=1S/C18H28BNO2/c1-7-20-11-10-14-12-15(8-9-16(14)13(20)2)19-21-17(3,4)18(5,6)22-19/h8-9,12-13H,7,10-11H2,1-6H3. The first-order valence-electron chi connectivity index (χ1n) is 8.47. The van der Waals surface area contributed by atoms with Gasteiger partial charge in [0.2, 0.25) is 0 Å². The average molecular weight is 301 g/mol. The van der Waals surface area contributed by atoms with Crippen LogP contribution in [-0.2, 0) is 15.7 Å². The third-order valence-electron chi connectivity index (χ3n) is 5.76. The van der Waals surface area contributed by atoms with E-state index >= 15 is 0 Å². The van der Waals surface area contributed by atoms with Gasteiger partial charge in [0.1, 0.15) is 0 Å². The van der Waals surface area contributed by atoms with E-state index in [0.29, 0.717) is 6.04 Å². The fourth-order valence-corrected chi connectivity index (χ4v) is 3.46. The summed E-state index contributed by atoms with van der Waals surface area (Å²) >= 11 is 0. The van der Waals surface area contributed by atoms with Crippen molar-refractivity contribution in [3.63, 3.8) is 0 Å². The second-order valence-corrected chi connectivity index (χ2v) is 7.60. The van der Waals surface area contributed by atoms with Gasteiger partial charge in [0.05, 0.1) is 11.2 Å². The Morgan fingerprint density at radius 2 is 1.82 bits per heavy atom. The molecule has 1 aromatic rings. The summed E-state index contributed by atoms with van der Waals surface area (Å²) in [5.74, 6) is 0. The van der Waals surface area contributed by atoms with Crippen LogP contribution in [0, 0.1) is 0 Å². The summed E-state index contributed by atoms with van der Waals surface area (Å²) in [6.07, 6.45) is 1.11. The molecule has 4 heteroatoms. The third-order valence-corrected chi connectivity index (χ3v) is 5.76. The van der Waals surface area contributed by atoms with Crippen LogP contribution in [0.2, 0.25) is 0 Å². The van der Waals surface area contributed by atoms with E-state index in [1.54, 1.807) is 0 Å². The highest BCUT2D eigenvalue weighted by Gasteiger charge is 2.51. The molecule has 3 rings (SSSR count). The van der Waals surface area contributed by atoms with Crippen LogP contribution in [0.4, 0.5) is 0 Å². The Morgan fingerprint density at radius 3 is 2.41 bits per heavy atom. The SMILES string of the molecule is CCN1CCc2cc(B3OC(C)(C)C(C)(C)O3)ccc2C1C. The van der Waals surface area contributed by atoms with E-state index in [9.17, 15) is 0 Å². The Hall–Kier alpha value is -0.835. The smallest absolute Gasteiger partial charge is 0.399 e. The van der Waals surface area contributed by atoms with Crippen LogP contribution >= 0.6 is 0 Å². The molecule has 0 radical (unpaired) electrons. The molecule has 3 nitrogen and oxygen atoms in total. The normalized spacial score (nSPS) is 27.0. The fraction of sp³-hybridized carbons (Fsp3) is 0.667. The molecule has 0 spiro atoms. The Morgan fingerprint density at radius 1 is 1.18 bits per heavy atom. The molecule has 1 unspecified atom stereocenters. The molecule has 0 aliphatic carbocycles. The summed E-state index contributed by atoms with van der Waals surface area (Å²) in [6, 6.07) is 7.24. The maximum atomic E-state index is 6.18. The number of likely N-dealkylation sites (N-methyl/N-ethyl adjacent to an activating group) is 1. The van der Waals surface area contributed by atoms with E-state index in [1.807, 2.05) is 0 Å². The van der Waals surface area contributed by atoms with Gasteiger partial charge in [-0.1, -0.05) is 25.1 Å². The third kappa shape index (κ3) is 2.51. The van der Waals surface area contributed by atoms with Crippen molar-refractivity contribution in [2.45, 2.75) is 65.2 Å². The molecule has 1 fully saturated rings. The van der Waals surface area contributed by atoms with Crippen molar-refractivity contribution in [3.8, 4) is 0 Å². The van der Waals surface area contributed by atoms with Crippen molar-refractivity contribution in [2.24, 2.45) is 0 Å². The lowest BCUT2D eigenvalue weighted by Gasteiger charge is -2.34. The molecule has 120 valence electrons. The summed E-state index contributed by atoms with van der Waals surface area (Å²) < 4.78 is 12.4. The van der Waals surface area contributed by atoms with Gasteiger partial charge in [-0.05, 0) is 64.2 Å². The molecule has 22 heavy (non-hydrogen) atoms. The van der Waals surface area contributed by atoms with Gasteiger partial charge in [0, 0.05) is 12.6 Å². The van der Waals surface area contributed by atoms with Gasteiger partial charge in [0.15, 0.2) is 0 Å². The highest BCUT2D eigenvalue weighted by molar-refractivity contribution is 6.62. The minimum Gasteiger partial charge on any atom is -0.399 e. The Kier molecular flexibility index (Phi) is 3.91. The lowest BCUT2D eigenvalue weighted by molar-refractivity contribution is 0.00578. The summed E-state index contributed by atoms with van der Waals surface area (Å²) in [7, 11) is -0.255. The molecule has 0 aromatic heterocycles. The minimum absolute atomic E-state index is 0.255. The molecule has 1 aromatic carbocycles. The van der Waals surface area contributed by atoms with Crippen molar-refractivity contribution in [1.82, 2.24) is 4.90 Å². The highest BCUT2D eigenvalue weighted by Crippen LogP contribution is 2.37. The first kappa shape index (κ1) is 16.0. The van der Waals surface area contributed by atoms with E-state index in [4.69, 9.17) is 9.31 Å². The first-order chi connectivity index (χ1) is 10.2. The van der Waals surface area contributed by atoms with Crippen LogP contribution in [-0.4, -0.2) is 36.3 Å². The maximum absolute atomic E-state index is 6.18. The molecule has 1 atom stereocenters. The molecular formula is C18H28BNO2. The number of hydrogen-bond donors (Lipinski definition) is 0. The minimum atomic E-state index is -0.278. The molecule has 1 saturated heterocycles. The summed E-state index contributed by atoms with van der Waals surface area (Å²) in [4.78, 5) is 2.52. The number of hydrogen-bond acceptors (Lipinski definition) is 3. The van der Waals surface area contributed by atoms with Crippen molar-refractivity contribution >= 4 is 12.6 Å². The Bertz CT molecular complexity index is 554. The quantitative estimate of drug-likeness (QED) is 0.784. The molecular weight excluding hydrogens is 273 g/mol. The van der Waals surface area contributed by atoms with Crippen molar-refractivity contribution in [3.05, 3.63) is 29.3 Å². The van der Waals surface area contributed by atoms with Gasteiger partial charge in [-0.25, -0.2) is 0 Å². The van der Waals surface area contributed by atoms with Crippen molar-refractivity contribution < 1.29 is 9.31 Å². The number of benzene rings is 1. The van der Waals surface area contributed by atoms with Gasteiger partial charge < -0.3 is 9.31 Å². The topological polar surface area (TPSA) is 21.7 Å². The Labute approximate surface area is 135 Å². The van der Waals surface area contributed by atoms with E-state index in [1.165, 1.54) is 11.1 Å². The lowest BCUT2D eigenvalue weighted by atomic mass is 9.76. The zero-order chi connectivity index (χ0) is 16.1. The van der Waals surface area contributed by atoms with Crippen LogP contribution in [0.15, 0.2) is 18.2 Å². The maximum Gasteiger partial charge on any atom is 0.494 e. The van der Waals surface area contributed by atoms with Crippen molar-refractivity contribution in [1.29, 1.82) is 0 Å². The predicted octanol–water partition coefficient (Wildman–Crippen LogP) is 2.92. The van der Waals surface area contributed by atoms with Crippen LogP contribution < -0.4 is 5.46 Å². The largest absolute Gasteiger partial charge is 0.494 e. The molecule has 0 saturated carbocycles. The van der Waals surface area contributed by atoms with E-state index in [-0.39, 0.29) is 18.3 Å². The zero-order valence-corrected chi connectivity index (χ0v) is 14.8. The Balaban J connectivity index is 1.87. The fourth-order valence-electron chi connectivity index (χ4n) is 3.46. The van der Waals surface area contributed by atoms with Crippen LogP contribution in [0.25, 0.3) is 0 Å². The van der Waals surface area contributed by atoms with Gasteiger partial charge in [-0.3, -0.25) is 4.90 Å².